The van der Waals surface area contributed by atoms with Gasteiger partial charge in [-0.3, -0.25) is 9.59 Å². The van der Waals surface area contributed by atoms with E-state index in [-0.39, 0.29) is 5.69 Å². The van der Waals surface area contributed by atoms with Crippen molar-refractivity contribution in [3.05, 3.63) is 20.4 Å². The summed E-state index contributed by atoms with van der Waals surface area (Å²) in [5, 5.41) is 12.1. The van der Waals surface area contributed by atoms with Gasteiger partial charge < -0.3 is 15.3 Å². The molecule has 14 heavy (non-hydrogen) atoms. The van der Waals surface area contributed by atoms with Crippen molar-refractivity contribution in [1.82, 2.24) is 5.32 Å². The van der Waals surface area contributed by atoms with Gasteiger partial charge in [0.25, 0.3) is 10.9 Å². The highest BCUT2D eigenvalue weighted by atomic mass is 16.3. The summed E-state index contributed by atoms with van der Waals surface area (Å²) < 4.78 is 0. The Kier molecular flexibility index (Phi) is 3.24. The maximum atomic E-state index is 11.0. The van der Waals surface area contributed by atoms with E-state index in [0.29, 0.717) is 6.54 Å². The Morgan fingerprint density at radius 2 is 2.00 bits per heavy atom. The maximum Gasteiger partial charge on any atom is 0.271 e. The zero-order valence-electron chi connectivity index (χ0n) is 8.33. The van der Waals surface area contributed by atoms with Gasteiger partial charge in [0.05, 0.1) is 0 Å². The fourth-order valence-corrected chi connectivity index (χ4v) is 1.33. The van der Waals surface area contributed by atoms with Crippen LogP contribution in [0, 0.1) is 0 Å². The molecule has 0 heterocycles. The van der Waals surface area contributed by atoms with Crippen LogP contribution < -0.4 is 21.1 Å². The minimum Gasteiger partial charge on any atom is -0.502 e. The normalized spacial score (nSPS) is 10.7. The largest absolute Gasteiger partial charge is 0.502 e. The Bertz CT molecular complexity index is 379. The number of anilines is 1. The number of hydrogen-bond acceptors (Lipinski definition) is 5. The van der Waals surface area contributed by atoms with E-state index in [1.165, 1.54) is 0 Å². The van der Waals surface area contributed by atoms with Crippen LogP contribution in [0.4, 0.5) is 5.69 Å². The lowest BCUT2D eigenvalue weighted by Crippen LogP contribution is -2.38. The predicted octanol–water partition coefficient (Wildman–Crippen LogP) is -0.966. The molecule has 0 aliphatic carbocycles. The first kappa shape index (κ1) is 10.7. The molecule has 1 aromatic rings. The van der Waals surface area contributed by atoms with E-state index in [0.717, 1.165) is 13.0 Å². The maximum absolute atomic E-state index is 11.0. The summed E-state index contributed by atoms with van der Waals surface area (Å²) in [5.74, 6) is -0.401. The van der Waals surface area contributed by atoms with Gasteiger partial charge in [-0.15, -0.1) is 0 Å². The van der Waals surface area contributed by atoms with E-state index in [9.17, 15) is 9.59 Å². The van der Waals surface area contributed by atoms with Crippen LogP contribution in [0.15, 0.2) is 9.59 Å². The third-order valence-corrected chi connectivity index (χ3v) is 2.16. The summed E-state index contributed by atoms with van der Waals surface area (Å²) in [4.78, 5) is 23.3. The summed E-state index contributed by atoms with van der Waals surface area (Å²) in [7, 11) is 3.53. The van der Waals surface area contributed by atoms with Crippen molar-refractivity contribution in [2.75, 3.05) is 32.1 Å². The van der Waals surface area contributed by atoms with Crippen molar-refractivity contribution in [2.24, 2.45) is 0 Å². The van der Waals surface area contributed by atoms with Crippen LogP contribution >= 0.6 is 0 Å². The molecule has 0 spiro atoms. The Morgan fingerprint density at radius 1 is 1.36 bits per heavy atom. The lowest BCUT2D eigenvalue weighted by molar-refractivity contribution is 0.462. The predicted molar refractivity (Wildman–Crippen MR) is 54.8 cm³/mol. The van der Waals surface area contributed by atoms with Gasteiger partial charge in [-0.25, -0.2) is 0 Å². The van der Waals surface area contributed by atoms with Gasteiger partial charge >= 0.3 is 0 Å². The van der Waals surface area contributed by atoms with Gasteiger partial charge in [-0.2, -0.15) is 0 Å². The summed E-state index contributed by atoms with van der Waals surface area (Å²) in [6, 6.07) is 0. The van der Waals surface area contributed by atoms with Crippen LogP contribution in [0.5, 0.6) is 5.75 Å². The second kappa shape index (κ2) is 4.23. The molecule has 5 heteroatoms. The average Bonchev–Trinajstić information content (AvgIpc) is 2.18. The zero-order chi connectivity index (χ0) is 10.7. The van der Waals surface area contributed by atoms with Gasteiger partial charge in [0.1, 0.15) is 5.69 Å². The smallest absolute Gasteiger partial charge is 0.271 e. The number of nitrogens with one attached hydrogen (secondary N) is 1. The molecule has 0 bridgehead atoms. The van der Waals surface area contributed by atoms with Crippen molar-refractivity contribution in [2.45, 2.75) is 6.42 Å². The van der Waals surface area contributed by atoms with Gasteiger partial charge in [-0.1, -0.05) is 0 Å². The summed E-state index contributed by atoms with van der Waals surface area (Å²) in [6.07, 6.45) is 0.852. The molecule has 78 valence electrons. The summed E-state index contributed by atoms with van der Waals surface area (Å²) in [5.41, 5.74) is -1.22. The first-order valence-corrected chi connectivity index (χ1v) is 4.47. The number of aromatic hydroxyl groups is 1. The first-order valence-electron chi connectivity index (χ1n) is 4.47. The van der Waals surface area contributed by atoms with Crippen LogP contribution in [0.3, 0.4) is 0 Å². The molecule has 0 unspecified atom stereocenters. The summed E-state index contributed by atoms with van der Waals surface area (Å²) in [6.45, 7) is 1.47. The van der Waals surface area contributed by atoms with E-state index in [1.54, 1.807) is 11.9 Å². The Hall–Kier alpha value is -1.36. The highest BCUT2D eigenvalue weighted by molar-refractivity contribution is 5.62. The first-order chi connectivity index (χ1) is 6.59. The Balaban J connectivity index is 2.58. The van der Waals surface area contributed by atoms with Gasteiger partial charge in [0, 0.05) is 13.6 Å². The molecular weight excluding hydrogens is 184 g/mol. The van der Waals surface area contributed by atoms with E-state index < -0.39 is 16.6 Å². The Morgan fingerprint density at radius 3 is 2.50 bits per heavy atom. The highest BCUT2D eigenvalue weighted by Gasteiger charge is 2.22. The van der Waals surface area contributed by atoms with Crippen molar-refractivity contribution in [1.29, 1.82) is 0 Å². The highest BCUT2D eigenvalue weighted by Crippen LogP contribution is 2.18. The van der Waals surface area contributed by atoms with E-state index >= 15 is 0 Å². The fraction of sp³-hybridized carbons (Fsp3) is 0.556. The van der Waals surface area contributed by atoms with Gasteiger partial charge in [0.15, 0.2) is 5.75 Å². The van der Waals surface area contributed by atoms with E-state index in [1.807, 2.05) is 7.05 Å². The monoisotopic (exact) mass is 198 g/mol. The van der Waals surface area contributed by atoms with Crippen LogP contribution in [0.1, 0.15) is 6.42 Å². The quantitative estimate of drug-likeness (QED) is 0.471. The number of hydrogen-bond donors (Lipinski definition) is 2. The van der Waals surface area contributed by atoms with Crippen LogP contribution in [0.25, 0.3) is 0 Å². The number of rotatable bonds is 5. The average molecular weight is 198 g/mol. The second-order valence-electron chi connectivity index (χ2n) is 3.23. The van der Waals surface area contributed by atoms with Crippen molar-refractivity contribution in [3.63, 3.8) is 0 Å². The molecule has 1 rings (SSSR count). The molecule has 0 fully saturated rings. The fourth-order valence-electron chi connectivity index (χ4n) is 1.33. The topological polar surface area (TPSA) is 69.6 Å². The molecule has 0 amide bonds. The van der Waals surface area contributed by atoms with Crippen LogP contribution in [-0.4, -0.2) is 32.3 Å². The molecule has 0 atom stereocenters. The third-order valence-electron chi connectivity index (χ3n) is 2.16. The molecule has 0 radical (unpaired) electrons. The molecule has 0 aromatic heterocycles. The van der Waals surface area contributed by atoms with Crippen molar-refractivity contribution < 1.29 is 5.11 Å². The lowest BCUT2D eigenvalue weighted by atomic mass is 10.2. The lowest BCUT2D eigenvalue weighted by Gasteiger charge is -2.20. The van der Waals surface area contributed by atoms with Gasteiger partial charge in [0.2, 0.25) is 0 Å². The molecular formula is C9H14N2O3. The second-order valence-corrected chi connectivity index (χ2v) is 3.23. The molecule has 1 aromatic carbocycles. The minimum absolute atomic E-state index is 0.145. The molecule has 5 nitrogen and oxygen atoms in total. The van der Waals surface area contributed by atoms with E-state index in [4.69, 9.17) is 5.11 Å². The van der Waals surface area contributed by atoms with Crippen molar-refractivity contribution in [3.8, 4) is 5.75 Å². The third kappa shape index (κ3) is 1.77. The van der Waals surface area contributed by atoms with Crippen LogP contribution in [0.2, 0.25) is 0 Å². The standard InChI is InChI=1S/C9H14N2O3/c1-10-4-3-5-11(2)6-7(12)9(14)8(6)13/h10,12H,3-5H2,1-2H3. The SMILES string of the molecule is CNCCCN(C)c1c(O)c(=O)c1=O. The molecule has 2 N–H and O–H groups in total. The Labute approximate surface area is 81.7 Å². The molecule has 0 aliphatic heterocycles. The molecule has 0 aliphatic rings. The number of nitrogens with zero attached hydrogens (tertiary/aromatic N) is 1. The zero-order valence-corrected chi connectivity index (χ0v) is 8.33. The minimum atomic E-state index is -0.777. The summed E-state index contributed by atoms with van der Waals surface area (Å²) >= 11 is 0. The molecule has 0 saturated carbocycles. The van der Waals surface area contributed by atoms with Crippen LogP contribution in [-0.2, 0) is 0 Å². The van der Waals surface area contributed by atoms with Crippen molar-refractivity contribution >= 4 is 5.69 Å². The molecule has 0 saturated heterocycles. The van der Waals surface area contributed by atoms with Gasteiger partial charge in [-0.05, 0) is 20.0 Å². The van der Waals surface area contributed by atoms with E-state index in [2.05, 4.69) is 5.32 Å².